The Bertz CT molecular complexity index is 1170. The van der Waals surface area contributed by atoms with Crippen LogP contribution in [-0.4, -0.2) is 31.7 Å². The highest BCUT2D eigenvalue weighted by molar-refractivity contribution is 7.90. The van der Waals surface area contributed by atoms with Gasteiger partial charge < -0.3 is 9.73 Å². The molecule has 31 heavy (non-hydrogen) atoms. The van der Waals surface area contributed by atoms with E-state index in [2.05, 4.69) is 20.0 Å². The first-order chi connectivity index (χ1) is 15.0. The first-order valence-electron chi connectivity index (χ1n) is 9.98. The van der Waals surface area contributed by atoms with Crippen molar-refractivity contribution in [3.63, 3.8) is 0 Å². The Morgan fingerprint density at radius 2 is 1.74 bits per heavy atom. The van der Waals surface area contributed by atoms with Gasteiger partial charge in [-0.1, -0.05) is 18.6 Å². The summed E-state index contributed by atoms with van der Waals surface area (Å²) in [6.45, 7) is 0.641. The summed E-state index contributed by atoms with van der Waals surface area (Å²) in [7, 11) is -3.71. The first-order valence-corrected chi connectivity index (χ1v) is 11.5. The molecule has 0 unspecified atom stereocenters. The van der Waals surface area contributed by atoms with Gasteiger partial charge in [0.25, 0.3) is 15.9 Å². The Labute approximate surface area is 180 Å². The molecule has 3 aromatic rings. The number of sulfonamides is 1. The number of nitrogens with one attached hydrogen (secondary N) is 2. The van der Waals surface area contributed by atoms with Crippen molar-refractivity contribution in [2.75, 3.05) is 11.9 Å². The quantitative estimate of drug-likeness (QED) is 0.628. The van der Waals surface area contributed by atoms with Crippen LogP contribution in [0.2, 0.25) is 0 Å². The molecule has 1 aliphatic rings. The second-order valence-electron chi connectivity index (χ2n) is 7.17. The van der Waals surface area contributed by atoms with E-state index in [0.29, 0.717) is 35.8 Å². The highest BCUT2D eigenvalue weighted by Crippen LogP contribution is 2.20. The smallest absolute Gasteiger partial charge is 0.262 e. The van der Waals surface area contributed by atoms with Crippen molar-refractivity contribution in [2.45, 2.75) is 30.6 Å². The first kappa shape index (κ1) is 20.8. The third kappa shape index (κ3) is 5.18. The molecule has 8 nitrogen and oxygen atoms in total. The molecule has 0 aliphatic carbocycles. The number of hydrogen-bond donors (Lipinski definition) is 2. The maximum atomic E-state index is 12.6. The van der Waals surface area contributed by atoms with Gasteiger partial charge in [0, 0.05) is 29.8 Å². The van der Waals surface area contributed by atoms with Crippen molar-refractivity contribution in [3.8, 4) is 11.3 Å². The third-order valence-corrected chi connectivity index (χ3v) is 6.31. The molecule has 0 saturated carbocycles. The Kier molecular flexibility index (Phi) is 6.13. The van der Waals surface area contributed by atoms with Crippen molar-refractivity contribution in [3.05, 3.63) is 66.7 Å². The zero-order chi connectivity index (χ0) is 21.7. The lowest BCUT2D eigenvalue weighted by Crippen LogP contribution is -2.30. The molecule has 2 N–H and O–H groups in total. The summed E-state index contributed by atoms with van der Waals surface area (Å²) < 4.78 is 33.0. The number of aromatic nitrogens is 1. The molecule has 2 aromatic carbocycles. The van der Waals surface area contributed by atoms with Crippen molar-refractivity contribution < 1.29 is 17.6 Å². The highest BCUT2D eigenvalue weighted by Gasteiger charge is 2.17. The normalized spacial score (nSPS) is 14.4. The van der Waals surface area contributed by atoms with Gasteiger partial charge in [0.1, 0.15) is 5.84 Å². The number of nitrogens with zero attached hydrogens (tertiary/aromatic N) is 2. The summed E-state index contributed by atoms with van der Waals surface area (Å²) in [4.78, 5) is 20.8. The predicted octanol–water partition coefficient (Wildman–Crippen LogP) is 3.84. The molecule has 0 atom stereocenters. The molecule has 0 radical (unpaired) electrons. The van der Waals surface area contributed by atoms with Gasteiger partial charge in [-0.25, -0.2) is 13.4 Å². The zero-order valence-electron chi connectivity index (χ0n) is 16.7. The molecule has 2 heterocycles. The SMILES string of the molecule is O=C(Nc1ccc(S(=O)(=O)NC2=NCCCCC2)cc1)c1ccc(-c2cnco2)cc1. The van der Waals surface area contributed by atoms with Crippen LogP contribution >= 0.6 is 0 Å². The number of rotatable bonds is 5. The number of amidine groups is 1. The van der Waals surface area contributed by atoms with Crippen LogP contribution in [0.4, 0.5) is 5.69 Å². The van der Waals surface area contributed by atoms with E-state index < -0.39 is 10.0 Å². The number of carbonyl (C=O) groups excluding carboxylic acids is 1. The van der Waals surface area contributed by atoms with Crippen LogP contribution < -0.4 is 10.0 Å². The summed E-state index contributed by atoms with van der Waals surface area (Å²) in [5.41, 5.74) is 1.78. The lowest BCUT2D eigenvalue weighted by molar-refractivity contribution is 0.102. The van der Waals surface area contributed by atoms with Crippen molar-refractivity contribution >= 4 is 27.5 Å². The average Bonchev–Trinajstić information content (AvgIpc) is 3.20. The molecular weight excluding hydrogens is 416 g/mol. The number of aliphatic imine (C=N–C) groups is 1. The molecule has 0 spiro atoms. The van der Waals surface area contributed by atoms with Crippen molar-refractivity contribution in [2.24, 2.45) is 4.99 Å². The van der Waals surface area contributed by atoms with Crippen molar-refractivity contribution in [1.82, 2.24) is 9.71 Å². The molecule has 160 valence electrons. The molecule has 1 amide bonds. The number of benzene rings is 2. The Morgan fingerprint density at radius 3 is 2.45 bits per heavy atom. The molecule has 4 rings (SSSR count). The van der Waals surface area contributed by atoms with Gasteiger partial charge in [0.15, 0.2) is 12.2 Å². The van der Waals surface area contributed by atoms with Crippen LogP contribution in [0, 0.1) is 0 Å². The van der Waals surface area contributed by atoms with E-state index in [4.69, 9.17) is 4.42 Å². The van der Waals surface area contributed by atoms with Crippen LogP contribution in [0.15, 0.2) is 75.4 Å². The monoisotopic (exact) mass is 438 g/mol. The van der Waals surface area contributed by atoms with Crippen LogP contribution in [0.1, 0.15) is 36.0 Å². The van der Waals surface area contributed by atoms with Gasteiger partial charge in [-0.3, -0.25) is 14.5 Å². The van der Waals surface area contributed by atoms with Gasteiger partial charge in [-0.15, -0.1) is 0 Å². The van der Waals surface area contributed by atoms with Crippen LogP contribution in [0.3, 0.4) is 0 Å². The number of amides is 1. The minimum atomic E-state index is -3.71. The number of anilines is 1. The van der Waals surface area contributed by atoms with Crippen LogP contribution in [0.25, 0.3) is 11.3 Å². The second kappa shape index (κ2) is 9.13. The zero-order valence-corrected chi connectivity index (χ0v) is 17.6. The second-order valence-corrected chi connectivity index (χ2v) is 8.85. The van der Waals surface area contributed by atoms with E-state index in [0.717, 1.165) is 24.8 Å². The fourth-order valence-corrected chi connectivity index (χ4v) is 4.33. The summed E-state index contributed by atoms with van der Waals surface area (Å²) in [6, 6.07) is 13.0. The molecule has 0 fully saturated rings. The van der Waals surface area contributed by atoms with E-state index >= 15 is 0 Å². The van der Waals surface area contributed by atoms with Gasteiger partial charge in [-0.05, 0) is 49.2 Å². The Balaban J connectivity index is 1.41. The summed E-state index contributed by atoms with van der Waals surface area (Å²) in [5.74, 6) is 0.821. The fraction of sp³-hybridized carbons (Fsp3) is 0.227. The van der Waals surface area contributed by atoms with Crippen LogP contribution in [0.5, 0.6) is 0 Å². The Morgan fingerprint density at radius 1 is 0.968 bits per heavy atom. The number of carbonyl (C=O) groups is 1. The summed E-state index contributed by atoms with van der Waals surface area (Å²) in [6.07, 6.45) is 6.52. The maximum absolute atomic E-state index is 12.6. The lowest BCUT2D eigenvalue weighted by Gasteiger charge is -2.11. The molecule has 1 aromatic heterocycles. The highest BCUT2D eigenvalue weighted by atomic mass is 32.2. The molecule has 0 bridgehead atoms. The maximum Gasteiger partial charge on any atom is 0.262 e. The Hall–Kier alpha value is -3.46. The van der Waals surface area contributed by atoms with Gasteiger partial charge in [-0.2, -0.15) is 0 Å². The van der Waals surface area contributed by atoms with Crippen molar-refractivity contribution in [1.29, 1.82) is 0 Å². The summed E-state index contributed by atoms with van der Waals surface area (Å²) >= 11 is 0. The van der Waals surface area contributed by atoms with Gasteiger partial charge in [0.05, 0.1) is 11.1 Å². The standard InChI is InChI=1S/C22H22N4O4S/c27-22(17-7-5-16(6-8-17)20-14-23-15-30-20)25-18-9-11-19(12-10-18)31(28,29)26-21-4-2-1-3-13-24-21/h5-12,14-15H,1-4,13H2,(H,24,26)(H,25,27). The average molecular weight is 439 g/mol. The minimum Gasteiger partial charge on any atom is -0.444 e. The number of oxazole rings is 1. The third-order valence-electron chi connectivity index (χ3n) is 4.91. The van der Waals surface area contributed by atoms with E-state index in [9.17, 15) is 13.2 Å². The lowest BCUT2D eigenvalue weighted by atomic mass is 10.1. The van der Waals surface area contributed by atoms with E-state index in [-0.39, 0.29) is 10.8 Å². The van der Waals surface area contributed by atoms with E-state index in [1.807, 2.05) is 0 Å². The minimum absolute atomic E-state index is 0.119. The number of hydrogen-bond acceptors (Lipinski definition) is 6. The predicted molar refractivity (Wildman–Crippen MR) is 117 cm³/mol. The topological polar surface area (TPSA) is 114 Å². The van der Waals surface area contributed by atoms with E-state index in [1.54, 1.807) is 42.6 Å². The van der Waals surface area contributed by atoms with E-state index in [1.165, 1.54) is 18.5 Å². The summed E-state index contributed by atoms with van der Waals surface area (Å²) in [5, 5.41) is 2.77. The fourth-order valence-electron chi connectivity index (χ4n) is 3.24. The molecule has 9 heteroatoms. The molecule has 0 saturated heterocycles. The molecular formula is C22H22N4O4S. The molecule has 1 aliphatic heterocycles. The van der Waals surface area contributed by atoms with Gasteiger partial charge in [0.2, 0.25) is 0 Å². The van der Waals surface area contributed by atoms with Gasteiger partial charge >= 0.3 is 0 Å². The largest absolute Gasteiger partial charge is 0.444 e. The van der Waals surface area contributed by atoms with Crippen LogP contribution in [-0.2, 0) is 10.0 Å².